The van der Waals surface area contributed by atoms with Gasteiger partial charge >= 0.3 is 12.1 Å². The minimum absolute atomic E-state index is 0.295. The van der Waals surface area contributed by atoms with Crippen LogP contribution in [0.2, 0.25) is 0 Å². The monoisotopic (exact) mass is 405 g/mol. The molecule has 0 unspecified atom stereocenters. The van der Waals surface area contributed by atoms with E-state index in [1.165, 1.54) is 11.8 Å². The van der Waals surface area contributed by atoms with Crippen molar-refractivity contribution in [2.45, 2.75) is 62.6 Å². The van der Waals surface area contributed by atoms with Gasteiger partial charge in [0.15, 0.2) is 5.82 Å². The van der Waals surface area contributed by atoms with Crippen molar-refractivity contribution in [2.75, 3.05) is 5.32 Å². The fourth-order valence-corrected chi connectivity index (χ4v) is 3.65. The van der Waals surface area contributed by atoms with Crippen LogP contribution in [0.3, 0.4) is 0 Å². The number of aryl methyl sites for hydroxylation is 1. The van der Waals surface area contributed by atoms with Gasteiger partial charge in [0.1, 0.15) is 10.6 Å². The lowest BCUT2D eigenvalue weighted by Crippen LogP contribution is -2.26. The first-order valence-electron chi connectivity index (χ1n) is 9.33. The Kier molecular flexibility index (Phi) is 7.51. The van der Waals surface area contributed by atoms with Crippen LogP contribution in [0.1, 0.15) is 46.5 Å². The summed E-state index contributed by atoms with van der Waals surface area (Å²) in [6, 6.07) is 7.50. The number of aromatic nitrogens is 2. The predicted molar refractivity (Wildman–Crippen MR) is 111 cm³/mol. The second kappa shape index (κ2) is 9.64. The van der Waals surface area contributed by atoms with E-state index in [-0.39, 0.29) is 0 Å². The Labute approximate surface area is 169 Å². The van der Waals surface area contributed by atoms with Crippen LogP contribution in [-0.2, 0) is 11.3 Å². The van der Waals surface area contributed by atoms with Crippen LogP contribution in [0.15, 0.2) is 35.4 Å². The molecule has 0 spiro atoms. The van der Waals surface area contributed by atoms with Crippen molar-refractivity contribution in [1.29, 1.82) is 0 Å². The van der Waals surface area contributed by atoms with Crippen molar-refractivity contribution in [1.82, 2.24) is 9.55 Å². The smallest absolute Gasteiger partial charge is 0.410 e. The third kappa shape index (κ3) is 6.02. The summed E-state index contributed by atoms with van der Waals surface area (Å²) < 4.78 is 1.04. The third-order valence-electron chi connectivity index (χ3n) is 4.26. The first kappa shape index (κ1) is 21.8. The number of carboxylic acid groups (broad SMARTS) is 2. The van der Waals surface area contributed by atoms with Gasteiger partial charge in [-0.15, -0.1) is 11.8 Å². The van der Waals surface area contributed by atoms with Crippen LogP contribution in [-0.4, -0.2) is 36.6 Å². The number of amides is 1. The molecule has 0 saturated heterocycles. The minimum atomic E-state index is -1.15. The SMILES string of the molecule is CCCCCCn1cc(NC(=O)O)nc1-c1ccc(SC(C)(C)C(=O)O)cc1. The largest absolute Gasteiger partial charge is 0.480 e. The lowest BCUT2D eigenvalue weighted by atomic mass is 10.2. The molecule has 3 N–H and O–H groups in total. The van der Waals surface area contributed by atoms with E-state index in [2.05, 4.69) is 17.2 Å². The second-order valence-electron chi connectivity index (χ2n) is 7.08. The number of carbonyl (C=O) groups is 2. The van der Waals surface area contributed by atoms with E-state index in [1.807, 2.05) is 28.8 Å². The molecular formula is C20H27N3O4S. The molecule has 1 heterocycles. The number of anilines is 1. The molecule has 1 aromatic heterocycles. The van der Waals surface area contributed by atoms with Gasteiger partial charge in [0.05, 0.1) is 0 Å². The number of carboxylic acids is 1. The molecule has 7 nitrogen and oxygen atoms in total. The number of nitrogens with one attached hydrogen (secondary N) is 1. The Balaban J connectivity index is 2.22. The molecule has 0 aliphatic heterocycles. The molecule has 0 saturated carbocycles. The highest BCUT2D eigenvalue weighted by Crippen LogP contribution is 2.34. The zero-order valence-corrected chi connectivity index (χ0v) is 17.3. The highest BCUT2D eigenvalue weighted by Gasteiger charge is 2.28. The van der Waals surface area contributed by atoms with Gasteiger partial charge in [-0.25, -0.2) is 9.78 Å². The molecule has 0 atom stereocenters. The Bertz CT molecular complexity index is 815. The molecule has 2 aromatic rings. The van der Waals surface area contributed by atoms with Crippen LogP contribution >= 0.6 is 11.8 Å². The Morgan fingerprint density at radius 1 is 1.14 bits per heavy atom. The van der Waals surface area contributed by atoms with Crippen LogP contribution in [0.5, 0.6) is 0 Å². The van der Waals surface area contributed by atoms with E-state index >= 15 is 0 Å². The number of imidazole rings is 1. The quantitative estimate of drug-likeness (QED) is 0.372. The summed E-state index contributed by atoms with van der Waals surface area (Å²) in [6.45, 7) is 6.25. The zero-order valence-electron chi connectivity index (χ0n) is 16.4. The van der Waals surface area contributed by atoms with Crippen LogP contribution in [0.4, 0.5) is 10.6 Å². The van der Waals surface area contributed by atoms with E-state index in [1.54, 1.807) is 20.0 Å². The fourth-order valence-electron chi connectivity index (χ4n) is 2.71. The average Bonchev–Trinajstić information content (AvgIpc) is 3.01. The second-order valence-corrected chi connectivity index (χ2v) is 8.77. The van der Waals surface area contributed by atoms with Gasteiger partial charge < -0.3 is 14.8 Å². The molecule has 152 valence electrons. The third-order valence-corrected chi connectivity index (χ3v) is 5.46. The number of hydrogen-bond acceptors (Lipinski definition) is 4. The van der Waals surface area contributed by atoms with E-state index in [9.17, 15) is 14.7 Å². The van der Waals surface area contributed by atoms with Gasteiger partial charge in [-0.1, -0.05) is 38.3 Å². The van der Waals surface area contributed by atoms with Crippen LogP contribution < -0.4 is 5.32 Å². The molecule has 28 heavy (non-hydrogen) atoms. The number of hydrogen-bond donors (Lipinski definition) is 3. The molecule has 0 aliphatic rings. The van der Waals surface area contributed by atoms with Gasteiger partial charge in [0.25, 0.3) is 0 Å². The standard InChI is InChI=1S/C20H27N3O4S/c1-4-5-6-7-12-23-13-16(22-19(26)27)21-17(23)14-8-10-15(11-9-14)28-20(2,3)18(24)25/h8-11,13,22H,4-7,12H2,1-3H3,(H,24,25)(H,26,27). The van der Waals surface area contributed by atoms with Crippen molar-refractivity contribution in [3.05, 3.63) is 30.5 Å². The normalized spacial score (nSPS) is 11.4. The van der Waals surface area contributed by atoms with E-state index in [0.717, 1.165) is 42.7 Å². The molecule has 1 aromatic carbocycles. The number of unbranched alkanes of at least 4 members (excludes halogenated alkanes) is 3. The van der Waals surface area contributed by atoms with Gasteiger partial charge in [-0.3, -0.25) is 10.1 Å². The fraction of sp³-hybridized carbons (Fsp3) is 0.450. The number of aliphatic carboxylic acids is 1. The van der Waals surface area contributed by atoms with Crippen molar-refractivity contribution in [3.8, 4) is 11.4 Å². The van der Waals surface area contributed by atoms with Crippen LogP contribution in [0.25, 0.3) is 11.4 Å². The topological polar surface area (TPSA) is 104 Å². The Morgan fingerprint density at radius 3 is 2.39 bits per heavy atom. The molecule has 1 amide bonds. The van der Waals surface area contributed by atoms with E-state index in [0.29, 0.717) is 11.6 Å². The summed E-state index contributed by atoms with van der Waals surface area (Å²) in [5.41, 5.74) is 0.853. The average molecular weight is 406 g/mol. The first-order valence-corrected chi connectivity index (χ1v) is 10.1. The number of thioether (sulfide) groups is 1. The highest BCUT2D eigenvalue weighted by molar-refractivity contribution is 8.01. The van der Waals surface area contributed by atoms with E-state index in [4.69, 9.17) is 5.11 Å². The summed E-state index contributed by atoms with van der Waals surface area (Å²) >= 11 is 1.28. The van der Waals surface area contributed by atoms with Gasteiger partial charge in [0.2, 0.25) is 0 Å². The van der Waals surface area contributed by atoms with Crippen molar-refractivity contribution < 1.29 is 19.8 Å². The molecular weight excluding hydrogens is 378 g/mol. The molecule has 0 aliphatic carbocycles. The van der Waals surface area contributed by atoms with Crippen LogP contribution in [0, 0.1) is 0 Å². The molecule has 2 rings (SSSR count). The molecule has 0 radical (unpaired) electrons. The number of rotatable bonds is 10. The highest BCUT2D eigenvalue weighted by atomic mass is 32.2. The molecule has 0 fully saturated rings. The lowest BCUT2D eigenvalue weighted by Gasteiger charge is -2.18. The van der Waals surface area contributed by atoms with Gasteiger partial charge in [0, 0.05) is 23.2 Å². The summed E-state index contributed by atoms with van der Waals surface area (Å²) in [5.74, 6) is 0.117. The van der Waals surface area contributed by atoms with Crippen molar-refractivity contribution in [2.24, 2.45) is 0 Å². The Hall–Kier alpha value is -2.48. The summed E-state index contributed by atoms with van der Waals surface area (Å²) in [7, 11) is 0. The summed E-state index contributed by atoms with van der Waals surface area (Å²) in [5, 5.41) is 20.5. The summed E-state index contributed by atoms with van der Waals surface area (Å²) in [6.07, 6.45) is 4.97. The van der Waals surface area contributed by atoms with Crippen molar-refractivity contribution >= 4 is 29.6 Å². The number of benzene rings is 1. The lowest BCUT2D eigenvalue weighted by molar-refractivity contribution is -0.138. The molecule has 8 heteroatoms. The maximum Gasteiger partial charge on any atom is 0.410 e. The van der Waals surface area contributed by atoms with Gasteiger partial charge in [-0.2, -0.15) is 0 Å². The Morgan fingerprint density at radius 2 is 1.82 bits per heavy atom. The zero-order chi connectivity index (χ0) is 20.7. The van der Waals surface area contributed by atoms with Crippen molar-refractivity contribution in [3.63, 3.8) is 0 Å². The first-order chi connectivity index (χ1) is 13.2. The maximum absolute atomic E-state index is 11.3. The van der Waals surface area contributed by atoms with Gasteiger partial charge in [-0.05, 0) is 32.4 Å². The number of nitrogens with zero attached hydrogens (tertiary/aromatic N) is 2. The minimum Gasteiger partial charge on any atom is -0.480 e. The predicted octanol–water partition coefficient (Wildman–Crippen LogP) is 5.18. The maximum atomic E-state index is 11.3. The molecule has 0 bridgehead atoms. The van der Waals surface area contributed by atoms with E-state index < -0.39 is 16.8 Å². The summed E-state index contributed by atoms with van der Waals surface area (Å²) in [4.78, 5) is 27.5.